The molecule has 7 nitrogen and oxygen atoms in total. The number of morpholine rings is 1. The minimum Gasteiger partial charge on any atom is -0.373 e. The third-order valence-electron chi connectivity index (χ3n) is 4.88. The van der Waals surface area contributed by atoms with Crippen LogP contribution in [-0.2, 0) is 11.3 Å². The van der Waals surface area contributed by atoms with Crippen LogP contribution >= 0.6 is 22.9 Å². The highest BCUT2D eigenvalue weighted by Gasteiger charge is 2.24. The third-order valence-corrected chi connectivity index (χ3v) is 6.04. The van der Waals surface area contributed by atoms with E-state index in [0.29, 0.717) is 16.4 Å². The average molecular weight is 446 g/mol. The largest absolute Gasteiger partial charge is 0.373 e. The van der Waals surface area contributed by atoms with E-state index in [1.54, 1.807) is 11.6 Å². The normalized spacial score (nSPS) is 19.7. The molecule has 3 heterocycles. The summed E-state index contributed by atoms with van der Waals surface area (Å²) in [5.74, 6) is -0.311. The molecule has 2 aromatic heterocycles. The number of amides is 1. The molecule has 4 rings (SSSR count). The summed E-state index contributed by atoms with van der Waals surface area (Å²) in [6.07, 6.45) is 0.413. The molecule has 1 amide bonds. The van der Waals surface area contributed by atoms with Gasteiger partial charge in [-0.15, -0.1) is 11.3 Å². The van der Waals surface area contributed by atoms with Crippen LogP contribution in [0.15, 0.2) is 35.7 Å². The van der Waals surface area contributed by atoms with Gasteiger partial charge in [-0.25, -0.2) is 9.67 Å². The molecular weight excluding hydrogens is 422 g/mol. The quantitative estimate of drug-likeness (QED) is 0.638. The summed E-state index contributed by atoms with van der Waals surface area (Å²) < 4.78 is 7.35. The highest BCUT2D eigenvalue weighted by Crippen LogP contribution is 2.26. The molecule has 3 aromatic rings. The Kier molecular flexibility index (Phi) is 6.19. The first kappa shape index (κ1) is 21.0. The second-order valence-electron chi connectivity index (χ2n) is 7.55. The maximum atomic E-state index is 12.9. The molecule has 9 heteroatoms. The molecule has 30 heavy (non-hydrogen) atoms. The molecule has 0 bridgehead atoms. The number of anilines is 1. The molecule has 1 aromatic carbocycles. The van der Waals surface area contributed by atoms with Crippen molar-refractivity contribution in [1.29, 1.82) is 0 Å². The van der Waals surface area contributed by atoms with Crippen molar-refractivity contribution >= 4 is 34.0 Å². The van der Waals surface area contributed by atoms with Gasteiger partial charge in [0.2, 0.25) is 0 Å². The summed E-state index contributed by atoms with van der Waals surface area (Å²) in [6.45, 7) is 8.41. The highest BCUT2D eigenvalue weighted by atomic mass is 35.5. The fourth-order valence-corrected chi connectivity index (χ4v) is 4.79. The standard InChI is InChI=1S/C21H24ClN5O2S/c1-13-9-26(10-14(2)29-13)11-16-12-30-21(23-16)24-20(28)18-15(3)25-27(19(18)22)17-7-5-4-6-8-17/h4-8,12-14H,9-11H2,1-3H3,(H,23,24,28). The van der Waals surface area contributed by atoms with E-state index in [2.05, 4.69) is 34.1 Å². The number of aromatic nitrogens is 3. The monoisotopic (exact) mass is 445 g/mol. The fourth-order valence-electron chi connectivity index (χ4n) is 3.74. The lowest BCUT2D eigenvalue weighted by atomic mass is 10.2. The van der Waals surface area contributed by atoms with Crippen molar-refractivity contribution in [2.45, 2.75) is 39.5 Å². The number of aryl methyl sites for hydroxylation is 1. The minimum atomic E-state index is -0.311. The maximum absolute atomic E-state index is 12.9. The number of ether oxygens (including phenoxy) is 1. The number of carbonyl (C=O) groups is 1. The van der Waals surface area contributed by atoms with Gasteiger partial charge in [0.1, 0.15) is 10.7 Å². The first-order chi connectivity index (χ1) is 14.4. The molecular formula is C21H24ClN5O2S. The molecule has 1 saturated heterocycles. The number of halogens is 1. The zero-order chi connectivity index (χ0) is 21.3. The molecule has 1 aliphatic heterocycles. The number of para-hydroxylation sites is 1. The molecule has 0 aliphatic carbocycles. The molecule has 2 unspecified atom stereocenters. The molecule has 1 fully saturated rings. The highest BCUT2D eigenvalue weighted by molar-refractivity contribution is 7.14. The van der Waals surface area contributed by atoms with Gasteiger partial charge in [0, 0.05) is 25.0 Å². The number of carbonyl (C=O) groups excluding carboxylic acids is 1. The number of hydrogen-bond acceptors (Lipinski definition) is 6. The summed E-state index contributed by atoms with van der Waals surface area (Å²) in [6, 6.07) is 9.49. The summed E-state index contributed by atoms with van der Waals surface area (Å²) in [5, 5.41) is 10.1. The van der Waals surface area contributed by atoms with E-state index in [-0.39, 0.29) is 23.3 Å². The number of nitrogens with zero attached hydrogens (tertiary/aromatic N) is 4. The Hall–Kier alpha value is -2.26. The summed E-state index contributed by atoms with van der Waals surface area (Å²) >= 11 is 7.90. The Morgan fingerprint density at radius 1 is 1.27 bits per heavy atom. The van der Waals surface area contributed by atoms with Gasteiger partial charge in [0.25, 0.3) is 5.91 Å². The van der Waals surface area contributed by atoms with Crippen LogP contribution in [0.2, 0.25) is 5.15 Å². The smallest absolute Gasteiger partial charge is 0.262 e. The molecule has 2 atom stereocenters. The van der Waals surface area contributed by atoms with Crippen LogP contribution in [0.25, 0.3) is 5.69 Å². The Morgan fingerprint density at radius 3 is 2.67 bits per heavy atom. The van der Waals surface area contributed by atoms with E-state index in [1.165, 1.54) is 11.3 Å². The molecule has 0 spiro atoms. The lowest BCUT2D eigenvalue weighted by molar-refractivity contribution is -0.0707. The van der Waals surface area contributed by atoms with Gasteiger partial charge in [-0.2, -0.15) is 5.10 Å². The Balaban J connectivity index is 1.46. The van der Waals surface area contributed by atoms with E-state index in [4.69, 9.17) is 16.3 Å². The average Bonchev–Trinajstić information content (AvgIpc) is 3.24. The van der Waals surface area contributed by atoms with Crippen LogP contribution in [0.1, 0.15) is 35.6 Å². The molecule has 1 aliphatic rings. The summed E-state index contributed by atoms with van der Waals surface area (Å²) in [7, 11) is 0. The van der Waals surface area contributed by atoms with Crippen molar-refractivity contribution in [2.75, 3.05) is 18.4 Å². The van der Waals surface area contributed by atoms with Crippen LogP contribution in [0.4, 0.5) is 5.13 Å². The van der Waals surface area contributed by atoms with Crippen molar-refractivity contribution in [2.24, 2.45) is 0 Å². The van der Waals surface area contributed by atoms with E-state index >= 15 is 0 Å². The Labute approximate surface area is 184 Å². The van der Waals surface area contributed by atoms with Crippen LogP contribution in [0, 0.1) is 6.92 Å². The van der Waals surface area contributed by atoms with E-state index in [1.807, 2.05) is 35.7 Å². The van der Waals surface area contributed by atoms with Gasteiger partial charge >= 0.3 is 0 Å². The van der Waals surface area contributed by atoms with E-state index in [0.717, 1.165) is 31.0 Å². The predicted octanol–water partition coefficient (Wildman–Crippen LogP) is 4.15. The zero-order valence-corrected chi connectivity index (χ0v) is 18.7. The van der Waals surface area contributed by atoms with Crippen LogP contribution in [0.5, 0.6) is 0 Å². The van der Waals surface area contributed by atoms with Crippen molar-refractivity contribution < 1.29 is 9.53 Å². The van der Waals surface area contributed by atoms with Crippen molar-refractivity contribution in [3.63, 3.8) is 0 Å². The van der Waals surface area contributed by atoms with Crippen LogP contribution in [0.3, 0.4) is 0 Å². The van der Waals surface area contributed by atoms with Gasteiger partial charge in [-0.05, 0) is 32.9 Å². The predicted molar refractivity (Wildman–Crippen MR) is 119 cm³/mol. The van der Waals surface area contributed by atoms with Crippen molar-refractivity contribution in [3.8, 4) is 5.69 Å². The Morgan fingerprint density at radius 2 is 1.97 bits per heavy atom. The second-order valence-corrected chi connectivity index (χ2v) is 8.76. The van der Waals surface area contributed by atoms with Gasteiger partial charge in [0.15, 0.2) is 5.13 Å². The van der Waals surface area contributed by atoms with Crippen molar-refractivity contribution in [1.82, 2.24) is 19.7 Å². The van der Waals surface area contributed by atoms with E-state index in [9.17, 15) is 4.79 Å². The molecule has 0 saturated carbocycles. The van der Waals surface area contributed by atoms with Gasteiger partial charge in [0.05, 0.1) is 29.3 Å². The fraction of sp³-hybridized carbons (Fsp3) is 0.381. The number of nitrogens with one attached hydrogen (secondary N) is 1. The summed E-state index contributed by atoms with van der Waals surface area (Å²) in [5.41, 5.74) is 2.65. The summed E-state index contributed by atoms with van der Waals surface area (Å²) in [4.78, 5) is 19.8. The van der Waals surface area contributed by atoms with Gasteiger partial charge < -0.3 is 4.74 Å². The zero-order valence-electron chi connectivity index (χ0n) is 17.1. The second kappa shape index (κ2) is 8.85. The van der Waals surface area contributed by atoms with Crippen LogP contribution in [-0.4, -0.2) is 50.9 Å². The SMILES string of the molecule is Cc1nn(-c2ccccc2)c(Cl)c1C(=O)Nc1nc(CN2CC(C)OC(C)C2)cs1. The lowest BCUT2D eigenvalue weighted by Gasteiger charge is -2.34. The first-order valence-electron chi connectivity index (χ1n) is 9.85. The first-order valence-corrected chi connectivity index (χ1v) is 11.1. The van der Waals surface area contributed by atoms with Crippen molar-refractivity contribution in [3.05, 3.63) is 57.8 Å². The minimum absolute atomic E-state index is 0.206. The third kappa shape index (κ3) is 4.57. The number of rotatable bonds is 5. The molecule has 0 radical (unpaired) electrons. The number of thiazole rings is 1. The topological polar surface area (TPSA) is 72.3 Å². The Bertz CT molecular complexity index is 1030. The van der Waals surface area contributed by atoms with Gasteiger partial charge in [-0.3, -0.25) is 15.0 Å². The maximum Gasteiger partial charge on any atom is 0.262 e. The lowest BCUT2D eigenvalue weighted by Crippen LogP contribution is -2.44. The van der Waals surface area contributed by atoms with E-state index < -0.39 is 0 Å². The molecule has 1 N–H and O–H groups in total. The van der Waals surface area contributed by atoms with Gasteiger partial charge in [-0.1, -0.05) is 29.8 Å². The number of hydrogen-bond donors (Lipinski definition) is 1. The van der Waals surface area contributed by atoms with Crippen LogP contribution < -0.4 is 5.32 Å². The number of benzene rings is 1. The molecule has 158 valence electrons.